The molecule has 3 aromatic rings. The van der Waals surface area contributed by atoms with E-state index in [-0.39, 0.29) is 5.56 Å². The predicted octanol–water partition coefficient (Wildman–Crippen LogP) is 4.51. The van der Waals surface area contributed by atoms with Gasteiger partial charge in [0.25, 0.3) is 5.56 Å². The normalized spacial score (nSPS) is 18.4. The van der Waals surface area contributed by atoms with Crippen LogP contribution < -0.4 is 5.56 Å². The maximum Gasteiger partial charge on any atom is 0.327 e. The van der Waals surface area contributed by atoms with Gasteiger partial charge in [-0.25, -0.2) is 4.79 Å². The SMILES string of the molecule is Cc1ccc(Cc2cc(=O)n3c(c2C2CC2)SC[C@H]3C(=O)O)c2ccccc12. The van der Waals surface area contributed by atoms with Gasteiger partial charge < -0.3 is 5.11 Å². The number of thioether (sulfide) groups is 1. The van der Waals surface area contributed by atoms with E-state index in [0.717, 1.165) is 23.4 Å². The number of aliphatic carboxylic acids is 1. The summed E-state index contributed by atoms with van der Waals surface area (Å²) in [6.45, 7) is 2.12. The molecule has 2 heterocycles. The lowest BCUT2D eigenvalue weighted by Gasteiger charge is -2.17. The number of pyridine rings is 1. The standard InChI is InChI=1S/C23H21NO3S/c1-13-6-7-15(18-5-3-2-4-17(13)18)10-16-11-20(25)24-19(23(26)27)12-28-22(24)21(16)14-8-9-14/h2-7,11,14,19H,8-10,12H2,1H3,(H,26,27)/t19-/m0/s1. The van der Waals surface area contributed by atoms with Crippen molar-refractivity contribution in [3.05, 3.63) is 75.1 Å². The minimum atomic E-state index is -0.924. The molecule has 1 aliphatic carbocycles. The molecule has 0 amide bonds. The molecule has 1 aliphatic heterocycles. The van der Waals surface area contributed by atoms with Crippen LogP contribution in [0.5, 0.6) is 0 Å². The molecule has 142 valence electrons. The van der Waals surface area contributed by atoms with Crippen LogP contribution in [-0.2, 0) is 11.2 Å². The van der Waals surface area contributed by atoms with Crippen molar-refractivity contribution >= 4 is 28.5 Å². The van der Waals surface area contributed by atoms with Crippen molar-refractivity contribution in [3.8, 4) is 0 Å². The fourth-order valence-electron chi connectivity index (χ4n) is 4.35. The van der Waals surface area contributed by atoms with E-state index < -0.39 is 12.0 Å². The third kappa shape index (κ3) is 2.76. The molecule has 1 aromatic heterocycles. The predicted molar refractivity (Wildman–Crippen MR) is 112 cm³/mol. The molecule has 1 fully saturated rings. The van der Waals surface area contributed by atoms with Gasteiger partial charge >= 0.3 is 5.97 Å². The van der Waals surface area contributed by atoms with Gasteiger partial charge in [0.15, 0.2) is 0 Å². The second-order valence-corrected chi connectivity index (χ2v) is 8.81. The molecule has 1 N–H and O–H groups in total. The third-order valence-electron chi connectivity index (χ3n) is 5.90. The van der Waals surface area contributed by atoms with Gasteiger partial charge in [-0.3, -0.25) is 9.36 Å². The number of hydrogen-bond acceptors (Lipinski definition) is 3. The fourth-order valence-corrected chi connectivity index (χ4v) is 5.76. The summed E-state index contributed by atoms with van der Waals surface area (Å²) < 4.78 is 1.51. The minimum absolute atomic E-state index is 0.191. The number of benzene rings is 2. The molecule has 0 unspecified atom stereocenters. The van der Waals surface area contributed by atoms with E-state index >= 15 is 0 Å². The van der Waals surface area contributed by atoms with Gasteiger partial charge in [0.1, 0.15) is 6.04 Å². The van der Waals surface area contributed by atoms with E-state index in [9.17, 15) is 14.7 Å². The van der Waals surface area contributed by atoms with Crippen LogP contribution in [0.3, 0.4) is 0 Å². The van der Waals surface area contributed by atoms with E-state index in [1.165, 1.54) is 43.8 Å². The molecule has 2 aromatic carbocycles. The summed E-state index contributed by atoms with van der Waals surface area (Å²) in [5.74, 6) is -0.0396. The van der Waals surface area contributed by atoms with Gasteiger partial charge in [-0.1, -0.05) is 36.4 Å². The molecule has 0 bridgehead atoms. The number of nitrogens with zero attached hydrogens (tertiary/aromatic N) is 1. The Morgan fingerprint density at radius 1 is 1.14 bits per heavy atom. The monoisotopic (exact) mass is 391 g/mol. The van der Waals surface area contributed by atoms with Crippen molar-refractivity contribution in [2.24, 2.45) is 0 Å². The van der Waals surface area contributed by atoms with Crippen molar-refractivity contribution in [1.29, 1.82) is 0 Å². The zero-order valence-corrected chi connectivity index (χ0v) is 16.5. The van der Waals surface area contributed by atoms with E-state index in [0.29, 0.717) is 18.1 Å². The molecule has 5 heteroatoms. The highest BCUT2D eigenvalue weighted by Crippen LogP contribution is 2.48. The number of hydrogen-bond donors (Lipinski definition) is 1. The molecule has 0 spiro atoms. The number of carboxylic acids is 1. The number of carbonyl (C=O) groups is 1. The van der Waals surface area contributed by atoms with Crippen LogP contribution in [0.4, 0.5) is 0 Å². The zero-order valence-electron chi connectivity index (χ0n) is 15.6. The van der Waals surface area contributed by atoms with Gasteiger partial charge in [0.05, 0.1) is 5.03 Å². The third-order valence-corrected chi connectivity index (χ3v) is 7.08. The van der Waals surface area contributed by atoms with Crippen molar-refractivity contribution in [1.82, 2.24) is 4.57 Å². The number of rotatable bonds is 4. The van der Waals surface area contributed by atoms with Crippen LogP contribution >= 0.6 is 11.8 Å². The topological polar surface area (TPSA) is 59.3 Å². The molecule has 1 atom stereocenters. The van der Waals surface area contributed by atoms with Crippen molar-refractivity contribution in [3.63, 3.8) is 0 Å². The largest absolute Gasteiger partial charge is 0.480 e. The quantitative estimate of drug-likeness (QED) is 0.711. The Balaban J connectivity index is 1.67. The van der Waals surface area contributed by atoms with Crippen molar-refractivity contribution < 1.29 is 9.90 Å². The lowest BCUT2D eigenvalue weighted by atomic mass is 9.93. The summed E-state index contributed by atoms with van der Waals surface area (Å²) in [4.78, 5) is 24.4. The van der Waals surface area contributed by atoms with E-state index in [1.807, 2.05) is 0 Å². The molecule has 28 heavy (non-hydrogen) atoms. The first-order chi connectivity index (χ1) is 13.5. The first-order valence-corrected chi connectivity index (χ1v) is 10.6. The van der Waals surface area contributed by atoms with Gasteiger partial charge in [0, 0.05) is 11.8 Å². The lowest BCUT2D eigenvalue weighted by Crippen LogP contribution is -2.29. The summed E-state index contributed by atoms with van der Waals surface area (Å²) in [6, 6.07) is 13.6. The Morgan fingerprint density at radius 3 is 2.61 bits per heavy atom. The second kappa shape index (κ2) is 6.52. The number of aryl methyl sites for hydroxylation is 1. The zero-order chi connectivity index (χ0) is 19.4. The highest BCUT2D eigenvalue weighted by molar-refractivity contribution is 7.99. The van der Waals surface area contributed by atoms with Crippen LogP contribution in [0.25, 0.3) is 10.8 Å². The van der Waals surface area contributed by atoms with Crippen LogP contribution in [0.1, 0.15) is 47.1 Å². The van der Waals surface area contributed by atoms with E-state index in [4.69, 9.17) is 0 Å². The molecule has 0 radical (unpaired) electrons. The lowest BCUT2D eigenvalue weighted by molar-refractivity contribution is -0.140. The van der Waals surface area contributed by atoms with Crippen molar-refractivity contribution in [2.45, 2.75) is 43.2 Å². The van der Waals surface area contributed by atoms with Crippen LogP contribution in [0.15, 0.2) is 52.3 Å². The summed E-state index contributed by atoms with van der Waals surface area (Å²) in [5.41, 5.74) is 4.54. The Labute approximate surface area is 167 Å². The highest BCUT2D eigenvalue weighted by atomic mass is 32.2. The van der Waals surface area contributed by atoms with E-state index in [1.54, 1.807) is 6.07 Å². The molecular weight excluding hydrogens is 370 g/mol. The molecule has 4 nitrogen and oxygen atoms in total. The van der Waals surface area contributed by atoms with Gasteiger partial charge in [-0.15, -0.1) is 11.8 Å². The molecule has 2 aliphatic rings. The average Bonchev–Trinajstić information content (AvgIpc) is 3.41. The highest BCUT2D eigenvalue weighted by Gasteiger charge is 2.37. The number of fused-ring (bicyclic) bond motifs is 2. The average molecular weight is 391 g/mol. The number of carboxylic acid groups (broad SMARTS) is 1. The first kappa shape index (κ1) is 17.6. The van der Waals surface area contributed by atoms with Crippen LogP contribution in [-0.4, -0.2) is 21.4 Å². The Hall–Kier alpha value is -2.53. The maximum atomic E-state index is 12.8. The summed E-state index contributed by atoms with van der Waals surface area (Å²) in [6.07, 6.45) is 2.93. The van der Waals surface area contributed by atoms with Crippen LogP contribution in [0.2, 0.25) is 0 Å². The smallest absolute Gasteiger partial charge is 0.327 e. The van der Waals surface area contributed by atoms with Crippen molar-refractivity contribution in [2.75, 3.05) is 5.75 Å². The molecule has 0 saturated heterocycles. The second-order valence-electron chi connectivity index (χ2n) is 7.80. The Bertz CT molecular complexity index is 1180. The maximum absolute atomic E-state index is 12.8. The molecular formula is C23H21NO3S. The summed E-state index contributed by atoms with van der Waals surface area (Å²) >= 11 is 1.53. The molecule has 1 saturated carbocycles. The van der Waals surface area contributed by atoms with Crippen LogP contribution in [0, 0.1) is 6.92 Å². The minimum Gasteiger partial charge on any atom is -0.480 e. The van der Waals surface area contributed by atoms with Gasteiger partial charge in [-0.2, -0.15) is 0 Å². The fraction of sp³-hybridized carbons (Fsp3) is 0.304. The number of aromatic nitrogens is 1. The summed E-state index contributed by atoms with van der Waals surface area (Å²) in [5, 5.41) is 12.9. The van der Waals surface area contributed by atoms with Gasteiger partial charge in [0.2, 0.25) is 0 Å². The van der Waals surface area contributed by atoms with E-state index in [2.05, 4.69) is 43.3 Å². The molecule has 5 rings (SSSR count). The Morgan fingerprint density at radius 2 is 1.89 bits per heavy atom. The Kier molecular flexibility index (Phi) is 4.09. The van der Waals surface area contributed by atoms with Gasteiger partial charge in [-0.05, 0) is 65.1 Å². The summed E-state index contributed by atoms with van der Waals surface area (Å²) in [7, 11) is 0. The first-order valence-electron chi connectivity index (χ1n) is 9.65.